The Balaban J connectivity index is 1.88. The van der Waals surface area contributed by atoms with E-state index in [0.717, 1.165) is 21.2 Å². The first-order chi connectivity index (χ1) is 11.1. The number of carbonyl (C=O) groups excluding carboxylic acids is 1. The Morgan fingerprint density at radius 3 is 2.74 bits per heavy atom. The fourth-order valence-electron chi connectivity index (χ4n) is 2.20. The molecule has 2 aromatic rings. The molecule has 0 bridgehead atoms. The molecule has 23 heavy (non-hydrogen) atoms. The lowest BCUT2D eigenvalue weighted by Crippen LogP contribution is -2.28. The van der Waals surface area contributed by atoms with Crippen molar-refractivity contribution in [3.05, 3.63) is 63.6 Å². The van der Waals surface area contributed by atoms with Crippen molar-refractivity contribution in [2.75, 3.05) is 13.2 Å². The summed E-state index contributed by atoms with van der Waals surface area (Å²) in [4.78, 5) is 11.9. The summed E-state index contributed by atoms with van der Waals surface area (Å²) in [5, 5.41) is 11.9. The van der Waals surface area contributed by atoms with Crippen molar-refractivity contribution in [2.45, 2.75) is 19.9 Å². The third-order valence-electron chi connectivity index (χ3n) is 3.50. The highest BCUT2D eigenvalue weighted by Crippen LogP contribution is 2.23. The van der Waals surface area contributed by atoms with Gasteiger partial charge in [0, 0.05) is 17.6 Å². The van der Waals surface area contributed by atoms with Crippen LogP contribution in [0.5, 0.6) is 5.75 Å². The van der Waals surface area contributed by atoms with E-state index in [4.69, 9.17) is 9.84 Å². The van der Waals surface area contributed by atoms with E-state index >= 15 is 0 Å². The van der Waals surface area contributed by atoms with Gasteiger partial charge in [-0.15, -0.1) is 0 Å². The summed E-state index contributed by atoms with van der Waals surface area (Å²) in [7, 11) is 0. The van der Waals surface area contributed by atoms with Gasteiger partial charge in [-0.05, 0) is 48.2 Å². The molecule has 0 aliphatic carbocycles. The number of amides is 1. The Kier molecular flexibility index (Phi) is 6.62. The lowest BCUT2D eigenvalue weighted by atomic mass is 10.1. The van der Waals surface area contributed by atoms with Gasteiger partial charge in [-0.2, -0.15) is 0 Å². The lowest BCUT2D eigenvalue weighted by molar-refractivity contribution is -0.123. The van der Waals surface area contributed by atoms with Crippen LogP contribution in [0.2, 0.25) is 0 Å². The zero-order valence-electron chi connectivity index (χ0n) is 13.0. The highest BCUT2D eigenvalue weighted by atomic mass is 79.9. The Morgan fingerprint density at radius 2 is 2.00 bits per heavy atom. The van der Waals surface area contributed by atoms with E-state index in [2.05, 4.69) is 21.2 Å². The first kappa shape index (κ1) is 17.5. The zero-order chi connectivity index (χ0) is 16.7. The molecule has 0 saturated carbocycles. The number of aliphatic hydroxyl groups excluding tert-OH is 1. The van der Waals surface area contributed by atoms with Crippen LogP contribution in [0, 0.1) is 6.92 Å². The molecule has 0 radical (unpaired) electrons. The minimum atomic E-state index is -0.175. The van der Waals surface area contributed by atoms with Crippen LogP contribution in [0.15, 0.2) is 46.9 Å². The number of hydrogen-bond donors (Lipinski definition) is 2. The molecule has 0 saturated heterocycles. The number of benzene rings is 2. The fraction of sp³-hybridized carbons (Fsp3) is 0.278. The SMILES string of the molecule is Cc1ccccc1CNC(=O)COc1ccc(Br)cc1CCO. The van der Waals surface area contributed by atoms with Gasteiger partial charge in [0.15, 0.2) is 6.61 Å². The van der Waals surface area contributed by atoms with Crippen molar-refractivity contribution in [3.8, 4) is 5.75 Å². The highest BCUT2D eigenvalue weighted by molar-refractivity contribution is 9.10. The summed E-state index contributed by atoms with van der Waals surface area (Å²) < 4.78 is 6.50. The maximum Gasteiger partial charge on any atom is 0.258 e. The van der Waals surface area contributed by atoms with E-state index in [-0.39, 0.29) is 19.1 Å². The third kappa shape index (κ3) is 5.37. The van der Waals surface area contributed by atoms with Gasteiger partial charge < -0.3 is 15.2 Å². The second-order valence-corrected chi connectivity index (χ2v) is 6.13. The molecule has 0 atom stereocenters. The monoisotopic (exact) mass is 377 g/mol. The van der Waals surface area contributed by atoms with Crippen LogP contribution in [0.25, 0.3) is 0 Å². The molecule has 2 aromatic carbocycles. The molecule has 122 valence electrons. The van der Waals surface area contributed by atoms with Crippen LogP contribution >= 0.6 is 15.9 Å². The van der Waals surface area contributed by atoms with Gasteiger partial charge in [0.2, 0.25) is 0 Å². The van der Waals surface area contributed by atoms with Gasteiger partial charge >= 0.3 is 0 Å². The predicted molar refractivity (Wildman–Crippen MR) is 93.5 cm³/mol. The van der Waals surface area contributed by atoms with Crippen LogP contribution in [0.1, 0.15) is 16.7 Å². The molecular formula is C18H20BrNO3. The zero-order valence-corrected chi connectivity index (χ0v) is 14.6. The average molecular weight is 378 g/mol. The number of halogens is 1. The van der Waals surface area contributed by atoms with Crippen LogP contribution < -0.4 is 10.1 Å². The Hall–Kier alpha value is -1.85. The Bertz CT molecular complexity index is 673. The number of aryl methyl sites for hydroxylation is 1. The van der Waals surface area contributed by atoms with Crippen LogP contribution in [0.3, 0.4) is 0 Å². The van der Waals surface area contributed by atoms with Gasteiger partial charge in [-0.3, -0.25) is 4.79 Å². The normalized spacial score (nSPS) is 10.4. The predicted octanol–water partition coefficient (Wildman–Crippen LogP) is 2.99. The molecule has 0 aromatic heterocycles. The second kappa shape index (κ2) is 8.70. The van der Waals surface area contributed by atoms with Gasteiger partial charge in [-0.1, -0.05) is 40.2 Å². The summed E-state index contributed by atoms with van der Waals surface area (Å²) in [6.45, 7) is 2.48. The summed E-state index contributed by atoms with van der Waals surface area (Å²) in [6, 6.07) is 13.5. The molecule has 2 N–H and O–H groups in total. The van der Waals surface area contributed by atoms with Crippen molar-refractivity contribution < 1.29 is 14.6 Å². The molecule has 2 rings (SSSR count). The van der Waals surface area contributed by atoms with E-state index in [0.29, 0.717) is 18.7 Å². The number of nitrogens with one attached hydrogen (secondary N) is 1. The molecule has 0 spiro atoms. The van der Waals surface area contributed by atoms with E-state index in [1.54, 1.807) is 6.07 Å². The van der Waals surface area contributed by atoms with Gasteiger partial charge in [0.05, 0.1) is 0 Å². The number of aliphatic hydroxyl groups is 1. The van der Waals surface area contributed by atoms with E-state index in [1.165, 1.54) is 0 Å². The maximum absolute atomic E-state index is 11.9. The largest absolute Gasteiger partial charge is 0.483 e. The van der Waals surface area contributed by atoms with Gasteiger partial charge in [0.25, 0.3) is 5.91 Å². The Morgan fingerprint density at radius 1 is 1.22 bits per heavy atom. The van der Waals surface area contributed by atoms with Crippen molar-refractivity contribution in [1.82, 2.24) is 5.32 Å². The summed E-state index contributed by atoms with van der Waals surface area (Å²) >= 11 is 3.39. The van der Waals surface area contributed by atoms with E-state index in [1.807, 2.05) is 43.3 Å². The number of rotatable bonds is 7. The average Bonchev–Trinajstić information content (AvgIpc) is 2.53. The third-order valence-corrected chi connectivity index (χ3v) is 3.99. The molecule has 0 fully saturated rings. The molecule has 1 amide bonds. The number of hydrogen-bond acceptors (Lipinski definition) is 3. The van der Waals surface area contributed by atoms with Crippen LogP contribution in [0.4, 0.5) is 0 Å². The second-order valence-electron chi connectivity index (χ2n) is 5.22. The van der Waals surface area contributed by atoms with E-state index in [9.17, 15) is 4.79 Å². The number of ether oxygens (including phenoxy) is 1. The smallest absolute Gasteiger partial charge is 0.258 e. The lowest BCUT2D eigenvalue weighted by Gasteiger charge is -2.12. The molecule has 4 nitrogen and oxygen atoms in total. The van der Waals surface area contributed by atoms with Crippen LogP contribution in [-0.4, -0.2) is 24.2 Å². The molecule has 0 heterocycles. The summed E-state index contributed by atoms with van der Waals surface area (Å²) in [5.74, 6) is 0.444. The van der Waals surface area contributed by atoms with Gasteiger partial charge in [0.1, 0.15) is 5.75 Å². The highest BCUT2D eigenvalue weighted by Gasteiger charge is 2.08. The molecule has 0 aliphatic heterocycles. The molecule has 0 aliphatic rings. The van der Waals surface area contributed by atoms with Crippen molar-refractivity contribution >= 4 is 21.8 Å². The quantitative estimate of drug-likeness (QED) is 0.779. The summed E-state index contributed by atoms with van der Waals surface area (Å²) in [5.41, 5.74) is 3.10. The molecule has 5 heteroatoms. The first-order valence-electron chi connectivity index (χ1n) is 7.43. The van der Waals surface area contributed by atoms with Gasteiger partial charge in [-0.25, -0.2) is 0 Å². The van der Waals surface area contributed by atoms with Crippen molar-refractivity contribution in [2.24, 2.45) is 0 Å². The minimum absolute atomic E-state index is 0.0340. The number of carbonyl (C=O) groups is 1. The van der Waals surface area contributed by atoms with Crippen molar-refractivity contribution in [1.29, 1.82) is 0 Å². The fourth-order valence-corrected chi connectivity index (χ4v) is 2.61. The topological polar surface area (TPSA) is 58.6 Å². The standard InChI is InChI=1S/C18H20BrNO3/c1-13-4-2-3-5-15(13)11-20-18(22)12-23-17-7-6-16(19)10-14(17)8-9-21/h2-7,10,21H,8-9,11-12H2,1H3,(H,20,22). The summed E-state index contributed by atoms with van der Waals surface area (Å²) in [6.07, 6.45) is 0.486. The Labute approximate surface area is 144 Å². The first-order valence-corrected chi connectivity index (χ1v) is 8.22. The maximum atomic E-state index is 11.9. The van der Waals surface area contributed by atoms with Crippen molar-refractivity contribution in [3.63, 3.8) is 0 Å². The van der Waals surface area contributed by atoms with E-state index < -0.39 is 0 Å². The van der Waals surface area contributed by atoms with Crippen LogP contribution in [-0.2, 0) is 17.8 Å². The molecular weight excluding hydrogens is 358 g/mol. The molecule has 0 unspecified atom stereocenters. The minimum Gasteiger partial charge on any atom is -0.483 e.